The van der Waals surface area contributed by atoms with Crippen LogP contribution in [-0.4, -0.2) is 42.8 Å². The Balaban J connectivity index is 1.61. The predicted molar refractivity (Wildman–Crippen MR) is 86.6 cm³/mol. The maximum atomic E-state index is 12.6. The third-order valence-corrected chi connectivity index (χ3v) is 7.51. The van der Waals surface area contributed by atoms with E-state index in [4.69, 9.17) is 5.26 Å². The van der Waals surface area contributed by atoms with Crippen LogP contribution < -0.4 is 0 Å². The molecular weight excluding hydrogens is 312 g/mol. The highest BCUT2D eigenvalue weighted by atomic mass is 32.2. The van der Waals surface area contributed by atoms with Crippen LogP contribution in [0.1, 0.15) is 48.0 Å². The summed E-state index contributed by atoms with van der Waals surface area (Å²) in [5.41, 5.74) is 1.00. The highest BCUT2D eigenvalue weighted by Crippen LogP contribution is 2.30. The molecule has 1 aliphatic heterocycles. The van der Waals surface area contributed by atoms with Crippen LogP contribution in [-0.2, 0) is 9.84 Å². The van der Waals surface area contributed by atoms with Crippen molar-refractivity contribution in [2.24, 2.45) is 0 Å². The Morgan fingerprint density at radius 1 is 1.04 bits per heavy atom. The summed E-state index contributed by atoms with van der Waals surface area (Å²) in [7, 11) is -3.12. The van der Waals surface area contributed by atoms with E-state index in [0.29, 0.717) is 11.1 Å². The first-order valence-corrected chi connectivity index (χ1v) is 9.65. The molecular formula is C17H20N2O3S. The molecule has 6 heteroatoms. The van der Waals surface area contributed by atoms with Gasteiger partial charge in [0.05, 0.1) is 22.1 Å². The van der Waals surface area contributed by atoms with Crippen molar-refractivity contribution >= 4 is 15.7 Å². The minimum absolute atomic E-state index is 0.162. The van der Waals surface area contributed by atoms with E-state index in [9.17, 15) is 13.2 Å². The van der Waals surface area contributed by atoms with Crippen molar-refractivity contribution in [3.63, 3.8) is 0 Å². The molecule has 2 aliphatic rings. The second kappa shape index (κ2) is 6.32. The van der Waals surface area contributed by atoms with Crippen LogP contribution in [0.3, 0.4) is 0 Å². The minimum Gasteiger partial charge on any atom is -0.336 e. The van der Waals surface area contributed by atoms with Crippen molar-refractivity contribution in [2.75, 3.05) is 13.1 Å². The number of likely N-dealkylation sites (tertiary alicyclic amines) is 1. The van der Waals surface area contributed by atoms with Crippen molar-refractivity contribution in [1.82, 2.24) is 4.90 Å². The predicted octanol–water partition coefficient (Wildman–Crippen LogP) is 2.13. The van der Waals surface area contributed by atoms with Gasteiger partial charge in [0.2, 0.25) is 0 Å². The molecule has 0 radical (unpaired) electrons. The van der Waals surface area contributed by atoms with E-state index in [1.54, 1.807) is 29.2 Å². The zero-order valence-electron chi connectivity index (χ0n) is 12.9. The van der Waals surface area contributed by atoms with E-state index in [1.165, 1.54) is 0 Å². The number of hydrogen-bond acceptors (Lipinski definition) is 4. The fourth-order valence-electron chi connectivity index (χ4n) is 3.35. The molecule has 1 saturated heterocycles. The maximum absolute atomic E-state index is 12.6. The SMILES string of the molecule is N#Cc1ccc(C(=O)N2CC(S(=O)(=O)C3CCCCC3)C2)cc1. The number of rotatable bonds is 3. The molecule has 1 aromatic carbocycles. The Morgan fingerprint density at radius 2 is 1.65 bits per heavy atom. The fourth-order valence-corrected chi connectivity index (χ4v) is 5.66. The topological polar surface area (TPSA) is 78.2 Å². The molecule has 0 bridgehead atoms. The molecule has 1 aliphatic carbocycles. The van der Waals surface area contributed by atoms with Gasteiger partial charge in [-0.3, -0.25) is 4.79 Å². The average molecular weight is 332 g/mol. The standard InChI is InChI=1S/C17H20N2O3S/c18-10-13-6-8-14(9-7-13)17(20)19-11-16(12-19)23(21,22)15-4-2-1-3-5-15/h6-9,15-16H,1-5,11-12H2. The van der Waals surface area contributed by atoms with Crippen molar-refractivity contribution in [1.29, 1.82) is 5.26 Å². The summed E-state index contributed by atoms with van der Waals surface area (Å²) in [6.07, 6.45) is 4.64. The molecule has 1 aromatic rings. The highest BCUT2D eigenvalue weighted by molar-refractivity contribution is 7.92. The second-order valence-electron chi connectivity index (χ2n) is 6.37. The largest absolute Gasteiger partial charge is 0.336 e. The number of sulfone groups is 1. The molecule has 23 heavy (non-hydrogen) atoms. The van der Waals surface area contributed by atoms with Gasteiger partial charge in [0.15, 0.2) is 9.84 Å². The monoisotopic (exact) mass is 332 g/mol. The van der Waals surface area contributed by atoms with Gasteiger partial charge in [-0.1, -0.05) is 19.3 Å². The highest BCUT2D eigenvalue weighted by Gasteiger charge is 2.43. The van der Waals surface area contributed by atoms with Crippen LogP contribution in [0.25, 0.3) is 0 Å². The van der Waals surface area contributed by atoms with Gasteiger partial charge < -0.3 is 4.90 Å². The molecule has 1 heterocycles. The zero-order chi connectivity index (χ0) is 16.4. The molecule has 0 spiro atoms. The van der Waals surface area contributed by atoms with Crippen LogP contribution in [0, 0.1) is 11.3 Å². The number of amides is 1. The van der Waals surface area contributed by atoms with Crippen LogP contribution in [0.4, 0.5) is 0 Å². The summed E-state index contributed by atoms with van der Waals surface area (Å²) < 4.78 is 25.2. The molecule has 122 valence electrons. The molecule has 0 atom stereocenters. The Hall–Kier alpha value is -1.87. The van der Waals surface area contributed by atoms with Gasteiger partial charge in [0.25, 0.3) is 5.91 Å². The van der Waals surface area contributed by atoms with E-state index < -0.39 is 15.1 Å². The quantitative estimate of drug-likeness (QED) is 0.849. The van der Waals surface area contributed by atoms with Gasteiger partial charge in [0.1, 0.15) is 0 Å². The van der Waals surface area contributed by atoms with E-state index in [0.717, 1.165) is 32.1 Å². The average Bonchev–Trinajstić information content (AvgIpc) is 2.54. The molecule has 5 nitrogen and oxygen atoms in total. The van der Waals surface area contributed by atoms with Crippen LogP contribution in [0.2, 0.25) is 0 Å². The molecule has 0 N–H and O–H groups in total. The number of hydrogen-bond donors (Lipinski definition) is 0. The summed E-state index contributed by atoms with van der Waals surface area (Å²) in [5, 5.41) is 8.15. The summed E-state index contributed by atoms with van der Waals surface area (Å²) in [4.78, 5) is 13.9. The Labute approximate surface area is 136 Å². The van der Waals surface area contributed by atoms with E-state index >= 15 is 0 Å². The molecule has 2 fully saturated rings. The van der Waals surface area contributed by atoms with Gasteiger partial charge in [0, 0.05) is 18.7 Å². The van der Waals surface area contributed by atoms with Gasteiger partial charge in [-0.25, -0.2) is 8.42 Å². The number of carbonyl (C=O) groups is 1. The smallest absolute Gasteiger partial charge is 0.253 e. The number of benzene rings is 1. The summed E-state index contributed by atoms with van der Waals surface area (Å²) in [6.45, 7) is 0.579. The second-order valence-corrected chi connectivity index (χ2v) is 8.88. The normalized spacial score (nSPS) is 19.9. The van der Waals surface area contributed by atoms with Crippen LogP contribution in [0.15, 0.2) is 24.3 Å². The van der Waals surface area contributed by atoms with Gasteiger partial charge in [-0.05, 0) is 37.1 Å². The first-order valence-electron chi connectivity index (χ1n) is 8.04. The molecule has 0 aromatic heterocycles. The molecule has 1 amide bonds. The molecule has 0 unspecified atom stereocenters. The lowest BCUT2D eigenvalue weighted by Crippen LogP contribution is -2.58. The van der Waals surface area contributed by atoms with Crippen molar-refractivity contribution in [3.05, 3.63) is 35.4 Å². The summed E-state index contributed by atoms with van der Waals surface area (Å²) in [6, 6.07) is 8.44. The first kappa shape index (κ1) is 16.0. The molecule has 1 saturated carbocycles. The Kier molecular flexibility index (Phi) is 4.40. The van der Waals surface area contributed by atoms with Crippen molar-refractivity contribution in [2.45, 2.75) is 42.6 Å². The number of nitriles is 1. The summed E-state index contributed by atoms with van der Waals surface area (Å²) in [5.74, 6) is -0.162. The maximum Gasteiger partial charge on any atom is 0.253 e. The third kappa shape index (κ3) is 3.11. The van der Waals surface area contributed by atoms with E-state index in [-0.39, 0.29) is 24.2 Å². The van der Waals surface area contributed by atoms with Crippen LogP contribution in [0.5, 0.6) is 0 Å². The van der Waals surface area contributed by atoms with Crippen molar-refractivity contribution < 1.29 is 13.2 Å². The lowest BCUT2D eigenvalue weighted by Gasteiger charge is -2.40. The Bertz CT molecular complexity index is 722. The van der Waals surface area contributed by atoms with E-state index in [2.05, 4.69) is 0 Å². The molecule has 3 rings (SSSR count). The summed E-state index contributed by atoms with van der Waals surface area (Å²) >= 11 is 0. The van der Waals surface area contributed by atoms with Gasteiger partial charge >= 0.3 is 0 Å². The minimum atomic E-state index is -3.12. The lowest BCUT2D eigenvalue weighted by atomic mass is 10.0. The van der Waals surface area contributed by atoms with Gasteiger partial charge in [-0.2, -0.15) is 5.26 Å². The first-order chi connectivity index (χ1) is 11.0. The Morgan fingerprint density at radius 3 is 2.22 bits per heavy atom. The lowest BCUT2D eigenvalue weighted by molar-refractivity contribution is 0.0658. The number of carbonyl (C=O) groups excluding carboxylic acids is 1. The van der Waals surface area contributed by atoms with Crippen LogP contribution >= 0.6 is 0 Å². The van der Waals surface area contributed by atoms with E-state index in [1.807, 2.05) is 6.07 Å². The van der Waals surface area contributed by atoms with Gasteiger partial charge in [-0.15, -0.1) is 0 Å². The number of nitrogens with zero attached hydrogens (tertiary/aromatic N) is 2. The van der Waals surface area contributed by atoms with Crippen molar-refractivity contribution in [3.8, 4) is 6.07 Å². The third-order valence-electron chi connectivity index (χ3n) is 4.88. The zero-order valence-corrected chi connectivity index (χ0v) is 13.8. The fraction of sp³-hybridized carbons (Fsp3) is 0.529.